The molecular formula is C13H21N3O5. The summed E-state index contributed by atoms with van der Waals surface area (Å²) in [5.41, 5.74) is 0. The topological polar surface area (TPSA) is 99.2 Å². The average molecular weight is 299 g/mol. The van der Waals surface area contributed by atoms with Crippen LogP contribution >= 0.6 is 0 Å². The predicted octanol–water partition coefficient (Wildman–Crippen LogP) is -0.508. The maximum atomic E-state index is 12.5. The van der Waals surface area contributed by atoms with Gasteiger partial charge in [0.05, 0.1) is 13.2 Å². The third-order valence-corrected chi connectivity index (χ3v) is 3.91. The first kappa shape index (κ1) is 15.6. The van der Waals surface area contributed by atoms with E-state index < -0.39 is 18.2 Å². The number of likely N-dealkylation sites (tertiary alicyclic amines) is 1. The molecule has 118 valence electrons. The summed E-state index contributed by atoms with van der Waals surface area (Å²) in [5.74, 6) is -0.393. The Balaban J connectivity index is 2.02. The molecule has 0 bridgehead atoms. The standard InChI is InChI=1S/C13H21N3O5/c1-2-10(12(18)15-5-7-21-8-6-15)16-4-3-9(11(16)17)14-13(19)20/h9-10,14H,2-8H2,1H3,(H,19,20)/t9-,10-/m0/s1. The molecule has 21 heavy (non-hydrogen) atoms. The van der Waals surface area contributed by atoms with Gasteiger partial charge in [0, 0.05) is 19.6 Å². The number of carbonyl (C=O) groups is 3. The summed E-state index contributed by atoms with van der Waals surface area (Å²) in [6, 6.07) is -1.26. The van der Waals surface area contributed by atoms with Crippen molar-refractivity contribution >= 4 is 17.9 Å². The third kappa shape index (κ3) is 3.44. The van der Waals surface area contributed by atoms with Crippen molar-refractivity contribution in [1.29, 1.82) is 0 Å². The number of nitrogens with zero attached hydrogens (tertiary/aromatic N) is 2. The molecule has 3 amide bonds. The number of rotatable bonds is 4. The molecule has 2 fully saturated rings. The molecule has 2 N–H and O–H groups in total. The molecule has 0 radical (unpaired) electrons. The van der Waals surface area contributed by atoms with Gasteiger partial charge in [-0.05, 0) is 12.8 Å². The second kappa shape index (κ2) is 6.75. The van der Waals surface area contributed by atoms with Crippen molar-refractivity contribution in [3.8, 4) is 0 Å². The van der Waals surface area contributed by atoms with E-state index in [1.165, 1.54) is 4.90 Å². The summed E-state index contributed by atoms with van der Waals surface area (Å²) < 4.78 is 5.22. The minimum Gasteiger partial charge on any atom is -0.465 e. The summed E-state index contributed by atoms with van der Waals surface area (Å²) in [6.45, 7) is 4.35. The molecule has 2 heterocycles. The number of morpholine rings is 1. The zero-order valence-corrected chi connectivity index (χ0v) is 12.1. The lowest BCUT2D eigenvalue weighted by molar-refractivity contribution is -0.146. The van der Waals surface area contributed by atoms with E-state index in [4.69, 9.17) is 9.84 Å². The molecule has 0 aromatic carbocycles. The van der Waals surface area contributed by atoms with Crippen LogP contribution in [0.2, 0.25) is 0 Å². The van der Waals surface area contributed by atoms with Crippen LogP contribution in [0.15, 0.2) is 0 Å². The van der Waals surface area contributed by atoms with Crippen LogP contribution in [-0.2, 0) is 14.3 Å². The molecule has 0 saturated carbocycles. The molecule has 2 aliphatic rings. The third-order valence-electron chi connectivity index (χ3n) is 3.91. The van der Waals surface area contributed by atoms with Crippen molar-refractivity contribution in [1.82, 2.24) is 15.1 Å². The highest BCUT2D eigenvalue weighted by molar-refractivity contribution is 5.92. The number of carboxylic acid groups (broad SMARTS) is 1. The van der Waals surface area contributed by atoms with Crippen LogP contribution in [0.25, 0.3) is 0 Å². The van der Waals surface area contributed by atoms with E-state index in [1.54, 1.807) is 4.90 Å². The number of hydrogen-bond acceptors (Lipinski definition) is 4. The van der Waals surface area contributed by atoms with Crippen LogP contribution in [-0.4, -0.2) is 77.7 Å². The smallest absolute Gasteiger partial charge is 0.405 e. The number of amides is 3. The molecule has 2 saturated heterocycles. The van der Waals surface area contributed by atoms with Gasteiger partial charge in [0.15, 0.2) is 0 Å². The van der Waals surface area contributed by atoms with Crippen molar-refractivity contribution in [2.75, 3.05) is 32.8 Å². The van der Waals surface area contributed by atoms with Crippen molar-refractivity contribution in [3.05, 3.63) is 0 Å². The highest BCUT2D eigenvalue weighted by Gasteiger charge is 2.40. The molecule has 0 aromatic rings. The molecule has 0 spiro atoms. The lowest BCUT2D eigenvalue weighted by Gasteiger charge is -2.34. The van der Waals surface area contributed by atoms with Crippen LogP contribution < -0.4 is 5.32 Å². The van der Waals surface area contributed by atoms with E-state index >= 15 is 0 Å². The largest absolute Gasteiger partial charge is 0.465 e. The number of hydrogen-bond donors (Lipinski definition) is 2. The summed E-state index contributed by atoms with van der Waals surface area (Å²) in [7, 11) is 0. The summed E-state index contributed by atoms with van der Waals surface area (Å²) in [6.07, 6.45) is -0.303. The van der Waals surface area contributed by atoms with Crippen molar-refractivity contribution in [2.24, 2.45) is 0 Å². The fraction of sp³-hybridized carbons (Fsp3) is 0.769. The molecule has 0 unspecified atom stereocenters. The maximum Gasteiger partial charge on any atom is 0.405 e. The van der Waals surface area contributed by atoms with Gasteiger partial charge < -0.3 is 25.0 Å². The Labute approximate surface area is 123 Å². The SMILES string of the molecule is CC[C@@H](C(=O)N1CCOCC1)N1CC[C@H](NC(=O)O)C1=O. The van der Waals surface area contributed by atoms with Crippen LogP contribution in [0.1, 0.15) is 19.8 Å². The zero-order valence-electron chi connectivity index (χ0n) is 12.1. The second-order valence-electron chi connectivity index (χ2n) is 5.18. The molecule has 8 nitrogen and oxygen atoms in total. The highest BCUT2D eigenvalue weighted by Crippen LogP contribution is 2.19. The van der Waals surface area contributed by atoms with Gasteiger partial charge >= 0.3 is 6.09 Å². The molecule has 0 aliphatic carbocycles. The number of ether oxygens (including phenoxy) is 1. The van der Waals surface area contributed by atoms with E-state index in [0.717, 1.165) is 0 Å². The number of nitrogens with one attached hydrogen (secondary N) is 1. The maximum absolute atomic E-state index is 12.5. The van der Waals surface area contributed by atoms with E-state index in [1.807, 2.05) is 6.92 Å². The van der Waals surface area contributed by atoms with Crippen LogP contribution in [0, 0.1) is 0 Å². The van der Waals surface area contributed by atoms with Gasteiger partial charge in [-0.15, -0.1) is 0 Å². The summed E-state index contributed by atoms with van der Waals surface area (Å²) >= 11 is 0. The Bertz CT molecular complexity index is 422. The van der Waals surface area contributed by atoms with Gasteiger partial charge in [-0.3, -0.25) is 9.59 Å². The Morgan fingerprint density at radius 2 is 2.05 bits per heavy atom. The summed E-state index contributed by atoms with van der Waals surface area (Å²) in [5, 5.41) is 10.9. The van der Waals surface area contributed by atoms with Gasteiger partial charge in [0.2, 0.25) is 11.8 Å². The molecule has 2 aliphatic heterocycles. The first-order chi connectivity index (χ1) is 10.0. The summed E-state index contributed by atoms with van der Waals surface area (Å²) in [4.78, 5) is 38.6. The van der Waals surface area contributed by atoms with Gasteiger partial charge in [0.1, 0.15) is 12.1 Å². The van der Waals surface area contributed by atoms with Crippen LogP contribution in [0.4, 0.5) is 4.79 Å². The fourth-order valence-electron chi connectivity index (χ4n) is 2.82. The monoisotopic (exact) mass is 299 g/mol. The highest BCUT2D eigenvalue weighted by atomic mass is 16.5. The lowest BCUT2D eigenvalue weighted by Crippen LogP contribution is -2.53. The normalized spacial score (nSPS) is 24.0. The van der Waals surface area contributed by atoms with E-state index in [-0.39, 0.29) is 11.8 Å². The molecule has 0 aromatic heterocycles. The minimum atomic E-state index is -1.22. The van der Waals surface area contributed by atoms with Gasteiger partial charge in [-0.2, -0.15) is 0 Å². The first-order valence-corrected chi connectivity index (χ1v) is 7.21. The molecule has 8 heteroatoms. The second-order valence-corrected chi connectivity index (χ2v) is 5.18. The van der Waals surface area contributed by atoms with E-state index in [0.29, 0.717) is 45.7 Å². The Morgan fingerprint density at radius 1 is 1.38 bits per heavy atom. The first-order valence-electron chi connectivity index (χ1n) is 7.21. The fourth-order valence-corrected chi connectivity index (χ4v) is 2.82. The van der Waals surface area contributed by atoms with E-state index in [2.05, 4.69) is 5.32 Å². The Morgan fingerprint density at radius 3 is 2.62 bits per heavy atom. The molecule has 2 rings (SSSR count). The number of carbonyl (C=O) groups excluding carboxylic acids is 2. The predicted molar refractivity (Wildman–Crippen MR) is 72.8 cm³/mol. The molecular weight excluding hydrogens is 278 g/mol. The van der Waals surface area contributed by atoms with Gasteiger partial charge in [0.25, 0.3) is 0 Å². The van der Waals surface area contributed by atoms with Crippen LogP contribution in [0.5, 0.6) is 0 Å². The van der Waals surface area contributed by atoms with E-state index in [9.17, 15) is 14.4 Å². The quantitative estimate of drug-likeness (QED) is 0.728. The molecule has 2 atom stereocenters. The van der Waals surface area contributed by atoms with Crippen LogP contribution in [0.3, 0.4) is 0 Å². The Kier molecular flexibility index (Phi) is 5.00. The lowest BCUT2D eigenvalue weighted by atomic mass is 10.1. The average Bonchev–Trinajstić information content (AvgIpc) is 2.82. The van der Waals surface area contributed by atoms with Gasteiger partial charge in [-0.1, -0.05) is 6.92 Å². The van der Waals surface area contributed by atoms with Crippen molar-refractivity contribution in [2.45, 2.75) is 31.8 Å². The zero-order chi connectivity index (χ0) is 15.4. The Hall–Kier alpha value is -1.83. The van der Waals surface area contributed by atoms with Gasteiger partial charge in [-0.25, -0.2) is 4.79 Å². The van der Waals surface area contributed by atoms with Crippen molar-refractivity contribution in [3.63, 3.8) is 0 Å². The van der Waals surface area contributed by atoms with Crippen molar-refractivity contribution < 1.29 is 24.2 Å². The minimum absolute atomic E-state index is 0.0786.